The number of hydrogen-bond donors (Lipinski definition) is 2. The van der Waals surface area contributed by atoms with Crippen molar-refractivity contribution in [1.82, 2.24) is 10.5 Å². The highest BCUT2D eigenvalue weighted by Gasteiger charge is 2.19. The van der Waals surface area contributed by atoms with Crippen LogP contribution in [0.2, 0.25) is 5.02 Å². The first-order valence-corrected chi connectivity index (χ1v) is 5.78. The lowest BCUT2D eigenvalue weighted by Crippen LogP contribution is -2.22. The van der Waals surface area contributed by atoms with E-state index in [0.29, 0.717) is 5.76 Å². The summed E-state index contributed by atoms with van der Waals surface area (Å²) >= 11 is 5.77. The zero-order valence-corrected chi connectivity index (χ0v) is 10.8. The van der Waals surface area contributed by atoms with Gasteiger partial charge in [-0.25, -0.2) is 0 Å². The summed E-state index contributed by atoms with van der Waals surface area (Å²) in [6, 6.07) is 3.91. The third-order valence-corrected chi connectivity index (χ3v) is 2.79. The second-order valence-corrected chi connectivity index (χ2v) is 4.22. The molecule has 0 unspecified atom stereocenters. The van der Waals surface area contributed by atoms with Gasteiger partial charge in [0.25, 0.3) is 11.6 Å². The molecular formula is C11H9ClN4O4. The van der Waals surface area contributed by atoms with Crippen molar-refractivity contribution in [2.24, 2.45) is 0 Å². The molecule has 1 heterocycles. The summed E-state index contributed by atoms with van der Waals surface area (Å²) in [5.41, 5.74) is 4.92. The number of benzene rings is 1. The van der Waals surface area contributed by atoms with Gasteiger partial charge in [-0.15, -0.1) is 0 Å². The smallest absolute Gasteiger partial charge is 0.294 e. The lowest BCUT2D eigenvalue weighted by molar-refractivity contribution is -0.383. The maximum atomic E-state index is 11.9. The van der Waals surface area contributed by atoms with Gasteiger partial charge >= 0.3 is 0 Å². The number of nitro benzene ring substituents is 1. The van der Waals surface area contributed by atoms with E-state index < -0.39 is 16.5 Å². The summed E-state index contributed by atoms with van der Waals surface area (Å²) in [6.45, 7) is 0.106. The molecule has 20 heavy (non-hydrogen) atoms. The van der Waals surface area contributed by atoms with E-state index in [-0.39, 0.29) is 22.8 Å². The highest BCUT2D eigenvalue weighted by atomic mass is 35.5. The van der Waals surface area contributed by atoms with Gasteiger partial charge in [-0.2, -0.15) is 0 Å². The molecule has 9 heteroatoms. The number of nitrogen functional groups attached to an aromatic ring is 1. The number of nitrogens with two attached hydrogens (primary N) is 1. The Morgan fingerprint density at radius 3 is 2.90 bits per heavy atom. The molecule has 1 aromatic heterocycles. The van der Waals surface area contributed by atoms with Gasteiger partial charge in [-0.3, -0.25) is 14.9 Å². The van der Waals surface area contributed by atoms with Crippen LogP contribution in [0, 0.1) is 10.1 Å². The van der Waals surface area contributed by atoms with Crippen molar-refractivity contribution in [3.05, 3.63) is 50.9 Å². The van der Waals surface area contributed by atoms with Crippen molar-refractivity contribution < 1.29 is 14.2 Å². The van der Waals surface area contributed by atoms with Crippen LogP contribution in [0.15, 0.2) is 28.9 Å². The molecule has 0 atom stereocenters. The van der Waals surface area contributed by atoms with Crippen molar-refractivity contribution in [3.8, 4) is 0 Å². The highest BCUT2D eigenvalue weighted by molar-refractivity contribution is 6.34. The molecule has 0 saturated carbocycles. The second kappa shape index (κ2) is 5.57. The van der Waals surface area contributed by atoms with Crippen molar-refractivity contribution in [2.45, 2.75) is 6.54 Å². The van der Waals surface area contributed by atoms with E-state index in [0.717, 1.165) is 6.07 Å². The Balaban J connectivity index is 2.19. The molecule has 3 N–H and O–H groups in total. The number of nitro groups is 1. The Labute approximate surface area is 117 Å². The van der Waals surface area contributed by atoms with Gasteiger partial charge in [0.05, 0.1) is 22.7 Å². The van der Waals surface area contributed by atoms with Crippen LogP contribution in [0.3, 0.4) is 0 Å². The molecule has 8 nitrogen and oxygen atoms in total. The van der Waals surface area contributed by atoms with Crippen molar-refractivity contribution in [2.75, 3.05) is 5.73 Å². The normalized spacial score (nSPS) is 10.2. The Hall–Kier alpha value is -2.61. The minimum Gasteiger partial charge on any atom is -0.392 e. The standard InChI is InChI=1S/C11H9ClN4O4/c12-8-3-6(4-9(10(8)13)16(18)19)11(17)14-5-7-1-2-15-20-7/h1-4H,5,13H2,(H,14,17). The summed E-state index contributed by atoms with van der Waals surface area (Å²) in [7, 11) is 0. The van der Waals surface area contributed by atoms with Crippen molar-refractivity contribution in [1.29, 1.82) is 0 Å². The average Bonchev–Trinajstić information content (AvgIpc) is 2.91. The number of nitrogens with zero attached hydrogens (tertiary/aromatic N) is 2. The fourth-order valence-electron chi connectivity index (χ4n) is 1.49. The second-order valence-electron chi connectivity index (χ2n) is 3.81. The molecule has 0 aliphatic carbocycles. The van der Waals surface area contributed by atoms with E-state index in [9.17, 15) is 14.9 Å². The molecule has 0 radical (unpaired) electrons. The van der Waals surface area contributed by atoms with Crippen molar-refractivity contribution in [3.63, 3.8) is 0 Å². The molecule has 0 aliphatic heterocycles. The van der Waals surface area contributed by atoms with Gasteiger partial charge in [0.15, 0.2) is 5.76 Å². The summed E-state index contributed by atoms with van der Waals surface area (Å²) < 4.78 is 4.81. The monoisotopic (exact) mass is 296 g/mol. The van der Waals surface area contributed by atoms with Crippen LogP contribution in [0.1, 0.15) is 16.1 Å². The van der Waals surface area contributed by atoms with Crippen LogP contribution in [0.25, 0.3) is 0 Å². The molecule has 0 bridgehead atoms. The van der Waals surface area contributed by atoms with Crippen LogP contribution < -0.4 is 11.1 Å². The number of anilines is 1. The van der Waals surface area contributed by atoms with Gasteiger partial charge in [-0.1, -0.05) is 16.8 Å². The van der Waals surface area contributed by atoms with Gasteiger partial charge < -0.3 is 15.6 Å². The first-order valence-electron chi connectivity index (χ1n) is 5.40. The Morgan fingerprint density at radius 1 is 1.55 bits per heavy atom. The number of amides is 1. The minimum atomic E-state index is -0.700. The van der Waals surface area contributed by atoms with E-state index in [1.54, 1.807) is 6.07 Å². The number of halogens is 1. The molecule has 0 saturated heterocycles. The predicted octanol–water partition coefficient (Wildman–Crippen LogP) is 1.75. The van der Waals surface area contributed by atoms with E-state index in [4.69, 9.17) is 21.9 Å². The van der Waals surface area contributed by atoms with E-state index in [1.165, 1.54) is 12.3 Å². The summed E-state index contributed by atoms with van der Waals surface area (Å²) in [5, 5.41) is 16.8. The molecule has 2 rings (SSSR count). The zero-order chi connectivity index (χ0) is 14.7. The fourth-order valence-corrected chi connectivity index (χ4v) is 1.70. The number of aromatic nitrogens is 1. The first-order chi connectivity index (χ1) is 9.49. The van der Waals surface area contributed by atoms with Crippen LogP contribution in [0.4, 0.5) is 11.4 Å². The van der Waals surface area contributed by atoms with Crippen LogP contribution in [0.5, 0.6) is 0 Å². The van der Waals surface area contributed by atoms with Crippen LogP contribution >= 0.6 is 11.6 Å². The van der Waals surface area contributed by atoms with Crippen molar-refractivity contribution >= 4 is 28.9 Å². The third kappa shape index (κ3) is 2.86. The Kier molecular flexibility index (Phi) is 3.85. The molecule has 2 aromatic rings. The maximum absolute atomic E-state index is 11.9. The largest absolute Gasteiger partial charge is 0.392 e. The van der Waals surface area contributed by atoms with Gasteiger partial charge in [0.1, 0.15) is 5.69 Å². The number of carbonyl (C=O) groups excluding carboxylic acids is 1. The van der Waals surface area contributed by atoms with Crippen LogP contribution in [-0.2, 0) is 6.54 Å². The van der Waals surface area contributed by atoms with E-state index in [2.05, 4.69) is 10.5 Å². The summed E-state index contributed by atoms with van der Waals surface area (Å²) in [5.74, 6) is -0.0826. The van der Waals surface area contributed by atoms with Crippen LogP contribution in [-0.4, -0.2) is 16.0 Å². The lowest BCUT2D eigenvalue weighted by atomic mass is 10.1. The molecule has 0 aliphatic rings. The number of hydrogen-bond acceptors (Lipinski definition) is 6. The van der Waals surface area contributed by atoms with E-state index in [1.807, 2.05) is 0 Å². The Bertz CT molecular complexity index is 657. The number of nitrogens with one attached hydrogen (secondary N) is 1. The fraction of sp³-hybridized carbons (Fsp3) is 0.0909. The average molecular weight is 297 g/mol. The minimum absolute atomic E-state index is 0.0374. The molecule has 0 fully saturated rings. The summed E-state index contributed by atoms with van der Waals surface area (Å²) in [4.78, 5) is 22.0. The number of carbonyl (C=O) groups is 1. The highest BCUT2D eigenvalue weighted by Crippen LogP contribution is 2.30. The number of rotatable bonds is 4. The van der Waals surface area contributed by atoms with Gasteiger partial charge in [-0.05, 0) is 6.07 Å². The predicted molar refractivity (Wildman–Crippen MR) is 70.2 cm³/mol. The van der Waals surface area contributed by atoms with E-state index >= 15 is 0 Å². The SMILES string of the molecule is Nc1c(Cl)cc(C(=O)NCc2ccno2)cc1[N+](=O)[O-]. The van der Waals surface area contributed by atoms with Gasteiger partial charge in [0.2, 0.25) is 0 Å². The molecule has 1 amide bonds. The third-order valence-electron chi connectivity index (χ3n) is 2.48. The lowest BCUT2D eigenvalue weighted by Gasteiger charge is -2.05. The molecule has 1 aromatic carbocycles. The van der Waals surface area contributed by atoms with Gasteiger partial charge in [0, 0.05) is 17.7 Å². The molecule has 104 valence electrons. The maximum Gasteiger partial charge on any atom is 0.294 e. The zero-order valence-electron chi connectivity index (χ0n) is 10.00. The topological polar surface area (TPSA) is 124 Å². The summed E-state index contributed by atoms with van der Waals surface area (Å²) in [6.07, 6.45) is 1.44. The molecule has 0 spiro atoms. The first kappa shape index (κ1) is 13.8. The Morgan fingerprint density at radius 2 is 2.30 bits per heavy atom. The quantitative estimate of drug-likeness (QED) is 0.503. The molecular weight excluding hydrogens is 288 g/mol.